The Hall–Kier alpha value is -0.520. The van der Waals surface area contributed by atoms with Crippen LogP contribution in [-0.4, -0.2) is 19.0 Å². The van der Waals surface area contributed by atoms with E-state index in [1.165, 1.54) is 0 Å². The van der Waals surface area contributed by atoms with Crippen molar-refractivity contribution in [1.82, 2.24) is 0 Å². The lowest BCUT2D eigenvalue weighted by atomic mass is 10.5. The van der Waals surface area contributed by atoms with Gasteiger partial charge in [0.05, 0.1) is 12.7 Å². The van der Waals surface area contributed by atoms with Crippen molar-refractivity contribution in [3.05, 3.63) is 6.92 Å². The van der Waals surface area contributed by atoms with E-state index in [0.717, 1.165) is 0 Å². The van der Waals surface area contributed by atoms with Crippen LogP contribution in [0.15, 0.2) is 0 Å². The predicted octanol–water partition coefficient (Wildman–Crippen LogP) is 0.0722. The minimum absolute atomic E-state index is 0.337. The van der Waals surface area contributed by atoms with E-state index in [0.29, 0.717) is 6.61 Å². The van der Waals surface area contributed by atoms with E-state index in [9.17, 15) is 0 Å². The van der Waals surface area contributed by atoms with Crippen molar-refractivity contribution in [1.29, 1.82) is 0 Å². The number of hydrogen-bond acceptors (Lipinski definition) is 2. The van der Waals surface area contributed by atoms with Gasteiger partial charge in [0, 0.05) is 0 Å². The normalized spacial score (nSPS) is 37.0. The van der Waals surface area contributed by atoms with Gasteiger partial charge in [0.1, 0.15) is 0 Å². The van der Waals surface area contributed by atoms with Crippen molar-refractivity contribution in [3.8, 4) is 12.3 Å². The van der Waals surface area contributed by atoms with Gasteiger partial charge >= 0.3 is 0 Å². The molecule has 8 heavy (non-hydrogen) atoms. The lowest BCUT2D eigenvalue weighted by Crippen LogP contribution is -2.05. The SMILES string of the molecule is [CH]C1COC(C#C)O1. The molecule has 1 saturated heterocycles. The second-order valence-corrected chi connectivity index (χ2v) is 1.51. The molecular weight excluding hydrogens is 104 g/mol. The first kappa shape index (κ1) is 5.61. The summed E-state index contributed by atoms with van der Waals surface area (Å²) in [6.45, 7) is 5.66. The summed E-state index contributed by atoms with van der Waals surface area (Å²) >= 11 is 0. The average molecular weight is 110 g/mol. The van der Waals surface area contributed by atoms with Crippen LogP contribution in [0.1, 0.15) is 0 Å². The quantitative estimate of drug-likeness (QED) is 0.411. The Morgan fingerprint density at radius 3 is 2.62 bits per heavy atom. The molecule has 0 aliphatic carbocycles. The van der Waals surface area contributed by atoms with Crippen LogP contribution in [-0.2, 0) is 9.47 Å². The summed E-state index contributed by atoms with van der Waals surface area (Å²) in [7, 11) is 0. The summed E-state index contributed by atoms with van der Waals surface area (Å²) in [5.74, 6) is 2.27. The smallest absolute Gasteiger partial charge is 0.222 e. The Balaban J connectivity index is 2.35. The van der Waals surface area contributed by atoms with Gasteiger partial charge in [-0.15, -0.1) is 6.42 Å². The Morgan fingerprint density at radius 2 is 2.38 bits per heavy atom. The van der Waals surface area contributed by atoms with E-state index in [2.05, 4.69) is 5.92 Å². The number of terminal acetylenes is 1. The summed E-state index contributed by atoms with van der Waals surface area (Å²) in [6.07, 6.45) is 4.08. The van der Waals surface area contributed by atoms with E-state index in [1.54, 1.807) is 0 Å². The highest BCUT2D eigenvalue weighted by atomic mass is 16.7. The summed E-state index contributed by atoms with van der Waals surface area (Å²) in [5.41, 5.74) is 0. The lowest BCUT2D eigenvalue weighted by Gasteiger charge is -1.97. The highest BCUT2D eigenvalue weighted by Crippen LogP contribution is 2.08. The average Bonchev–Trinajstić information content (AvgIpc) is 2.14. The Labute approximate surface area is 48.8 Å². The third-order valence-electron chi connectivity index (χ3n) is 0.846. The van der Waals surface area contributed by atoms with Gasteiger partial charge in [0.2, 0.25) is 6.29 Å². The molecule has 2 heteroatoms. The van der Waals surface area contributed by atoms with E-state index < -0.39 is 6.29 Å². The molecule has 0 aromatic carbocycles. The molecule has 2 atom stereocenters. The fourth-order valence-electron chi connectivity index (χ4n) is 0.507. The molecule has 0 aromatic heterocycles. The van der Waals surface area contributed by atoms with Crippen LogP contribution in [0.25, 0.3) is 0 Å². The molecule has 0 saturated carbocycles. The largest absolute Gasteiger partial charge is 0.339 e. The summed E-state index contributed by atoms with van der Waals surface area (Å²) in [4.78, 5) is 0. The second-order valence-electron chi connectivity index (χ2n) is 1.51. The van der Waals surface area contributed by atoms with Crippen LogP contribution in [0, 0.1) is 19.3 Å². The maximum absolute atomic E-state index is 5.26. The van der Waals surface area contributed by atoms with Crippen LogP contribution >= 0.6 is 0 Å². The summed E-state index contributed by atoms with van der Waals surface area (Å²) < 4.78 is 9.66. The first-order chi connectivity index (χ1) is 3.83. The molecule has 0 N–H and O–H groups in total. The van der Waals surface area contributed by atoms with E-state index in [4.69, 9.17) is 22.8 Å². The Morgan fingerprint density at radius 1 is 1.62 bits per heavy atom. The standard InChI is InChI=1S/C6H6O2/c1-3-6-7-4-5(2)8-6/h1-2,5-6H,4H2. The summed E-state index contributed by atoms with van der Waals surface area (Å²) in [5, 5.41) is 0. The fourth-order valence-corrected chi connectivity index (χ4v) is 0.507. The van der Waals surface area contributed by atoms with Crippen molar-refractivity contribution in [2.75, 3.05) is 6.61 Å². The van der Waals surface area contributed by atoms with Gasteiger partial charge in [-0.3, -0.25) is 0 Å². The predicted molar refractivity (Wildman–Crippen MR) is 27.7 cm³/mol. The molecule has 1 aliphatic rings. The van der Waals surface area contributed by atoms with Gasteiger partial charge in [-0.1, -0.05) is 0 Å². The number of hydrogen-bond donors (Lipinski definition) is 0. The molecule has 1 fully saturated rings. The molecule has 2 nitrogen and oxygen atoms in total. The third kappa shape index (κ3) is 1.00. The van der Waals surface area contributed by atoms with Crippen LogP contribution in [0.5, 0.6) is 0 Å². The molecule has 2 unspecified atom stereocenters. The van der Waals surface area contributed by atoms with E-state index in [1.807, 2.05) is 0 Å². The maximum atomic E-state index is 5.26. The Bertz CT molecular complexity index is 114. The van der Waals surface area contributed by atoms with Crippen molar-refractivity contribution in [2.45, 2.75) is 12.4 Å². The lowest BCUT2D eigenvalue weighted by molar-refractivity contribution is -0.00416. The Kier molecular flexibility index (Phi) is 1.52. The monoisotopic (exact) mass is 110 g/mol. The zero-order valence-corrected chi connectivity index (χ0v) is 4.33. The molecular formula is C6H6O2. The minimum Gasteiger partial charge on any atom is -0.339 e. The minimum atomic E-state index is -0.523. The second kappa shape index (κ2) is 2.17. The van der Waals surface area contributed by atoms with Crippen LogP contribution in [0.3, 0.4) is 0 Å². The molecule has 42 valence electrons. The van der Waals surface area contributed by atoms with Crippen LogP contribution < -0.4 is 0 Å². The van der Waals surface area contributed by atoms with Gasteiger partial charge in [0.15, 0.2) is 0 Å². The van der Waals surface area contributed by atoms with E-state index >= 15 is 0 Å². The first-order valence-corrected chi connectivity index (χ1v) is 2.31. The molecule has 0 aromatic rings. The maximum Gasteiger partial charge on any atom is 0.222 e. The fraction of sp³-hybridized carbons (Fsp3) is 0.500. The topological polar surface area (TPSA) is 18.5 Å². The van der Waals surface area contributed by atoms with Crippen LogP contribution in [0.4, 0.5) is 0 Å². The van der Waals surface area contributed by atoms with Gasteiger partial charge in [-0.05, 0) is 12.8 Å². The molecule has 1 rings (SSSR count). The van der Waals surface area contributed by atoms with E-state index in [-0.39, 0.29) is 6.10 Å². The highest BCUT2D eigenvalue weighted by Gasteiger charge is 2.19. The van der Waals surface area contributed by atoms with Crippen molar-refractivity contribution in [3.63, 3.8) is 0 Å². The first-order valence-electron chi connectivity index (χ1n) is 2.31. The number of rotatable bonds is 0. The molecule has 1 heterocycles. The molecule has 0 bridgehead atoms. The van der Waals surface area contributed by atoms with Crippen molar-refractivity contribution in [2.24, 2.45) is 0 Å². The van der Waals surface area contributed by atoms with Crippen molar-refractivity contribution < 1.29 is 9.47 Å². The van der Waals surface area contributed by atoms with Gasteiger partial charge in [0.25, 0.3) is 0 Å². The van der Waals surface area contributed by atoms with Crippen molar-refractivity contribution >= 4 is 0 Å². The third-order valence-corrected chi connectivity index (χ3v) is 0.846. The van der Waals surface area contributed by atoms with Gasteiger partial charge < -0.3 is 9.47 Å². The molecule has 1 aliphatic heterocycles. The number of ether oxygens (including phenoxy) is 2. The van der Waals surface area contributed by atoms with Crippen LogP contribution in [0.2, 0.25) is 0 Å². The zero-order valence-electron chi connectivity index (χ0n) is 4.33. The molecule has 0 spiro atoms. The molecule has 0 amide bonds. The molecule has 2 radical (unpaired) electrons. The van der Waals surface area contributed by atoms with Gasteiger partial charge in [-0.25, -0.2) is 0 Å². The summed E-state index contributed by atoms with van der Waals surface area (Å²) in [6, 6.07) is 0. The van der Waals surface area contributed by atoms with Gasteiger partial charge in [-0.2, -0.15) is 0 Å². The highest BCUT2D eigenvalue weighted by molar-refractivity contribution is 4.92. The zero-order chi connectivity index (χ0) is 5.98.